The molecule has 1 N–H and O–H groups in total. The Morgan fingerprint density at radius 1 is 1.00 bits per heavy atom. The molecular formula is C25H26N4O2. The summed E-state index contributed by atoms with van der Waals surface area (Å²) >= 11 is 0. The van der Waals surface area contributed by atoms with Gasteiger partial charge in [0.25, 0.3) is 0 Å². The SMILES string of the molecule is O=C(NCc1cnn(-c2ccccc2)c1)C1CCN(C(=O)/C=C/c2ccccc2)CC1. The lowest BCUT2D eigenvalue weighted by atomic mass is 9.95. The third-order valence-corrected chi connectivity index (χ3v) is 5.52. The average molecular weight is 415 g/mol. The second-order valence-electron chi connectivity index (χ2n) is 7.69. The van der Waals surface area contributed by atoms with E-state index in [0.717, 1.165) is 16.8 Å². The van der Waals surface area contributed by atoms with Crippen LogP contribution in [0.25, 0.3) is 11.8 Å². The normalized spacial score (nSPS) is 14.6. The van der Waals surface area contributed by atoms with Crippen molar-refractivity contribution in [1.82, 2.24) is 20.0 Å². The number of benzene rings is 2. The Morgan fingerprint density at radius 2 is 1.68 bits per heavy atom. The third kappa shape index (κ3) is 5.48. The van der Waals surface area contributed by atoms with Crippen molar-refractivity contribution in [3.05, 3.63) is 90.3 Å². The van der Waals surface area contributed by atoms with E-state index in [1.54, 1.807) is 17.0 Å². The van der Waals surface area contributed by atoms with E-state index >= 15 is 0 Å². The highest BCUT2D eigenvalue weighted by atomic mass is 16.2. The molecule has 0 radical (unpaired) electrons. The van der Waals surface area contributed by atoms with E-state index in [4.69, 9.17) is 0 Å². The number of rotatable bonds is 6. The van der Waals surface area contributed by atoms with Crippen molar-refractivity contribution in [3.8, 4) is 5.69 Å². The highest BCUT2D eigenvalue weighted by Gasteiger charge is 2.26. The van der Waals surface area contributed by atoms with Crippen molar-refractivity contribution >= 4 is 17.9 Å². The maximum Gasteiger partial charge on any atom is 0.246 e. The van der Waals surface area contributed by atoms with Crippen LogP contribution in [-0.4, -0.2) is 39.6 Å². The zero-order chi connectivity index (χ0) is 21.5. The molecule has 2 aromatic carbocycles. The summed E-state index contributed by atoms with van der Waals surface area (Å²) in [5.41, 5.74) is 2.94. The van der Waals surface area contributed by atoms with Gasteiger partial charge < -0.3 is 10.2 Å². The van der Waals surface area contributed by atoms with E-state index in [-0.39, 0.29) is 17.7 Å². The molecule has 1 aliphatic rings. The van der Waals surface area contributed by atoms with Crippen molar-refractivity contribution < 1.29 is 9.59 Å². The van der Waals surface area contributed by atoms with Gasteiger partial charge in [0.2, 0.25) is 11.8 Å². The first-order valence-corrected chi connectivity index (χ1v) is 10.6. The highest BCUT2D eigenvalue weighted by Crippen LogP contribution is 2.18. The molecule has 4 rings (SSSR count). The first-order chi connectivity index (χ1) is 15.2. The topological polar surface area (TPSA) is 67.2 Å². The molecule has 1 aromatic heterocycles. The fraction of sp³-hybridized carbons (Fsp3) is 0.240. The van der Waals surface area contributed by atoms with Crippen LogP contribution in [0.2, 0.25) is 0 Å². The molecule has 0 aliphatic carbocycles. The molecule has 1 saturated heterocycles. The lowest BCUT2D eigenvalue weighted by Crippen LogP contribution is -2.42. The van der Waals surface area contributed by atoms with Crippen LogP contribution in [0.1, 0.15) is 24.0 Å². The van der Waals surface area contributed by atoms with E-state index in [0.29, 0.717) is 32.5 Å². The van der Waals surface area contributed by atoms with Crippen LogP contribution < -0.4 is 5.32 Å². The number of para-hydroxylation sites is 1. The molecule has 6 heteroatoms. The van der Waals surface area contributed by atoms with Gasteiger partial charge in [0.1, 0.15) is 0 Å². The van der Waals surface area contributed by atoms with Gasteiger partial charge in [0, 0.05) is 43.4 Å². The fourth-order valence-corrected chi connectivity index (χ4v) is 3.71. The number of carbonyl (C=O) groups is 2. The van der Waals surface area contributed by atoms with Crippen LogP contribution in [0.5, 0.6) is 0 Å². The lowest BCUT2D eigenvalue weighted by Gasteiger charge is -2.30. The molecule has 0 bridgehead atoms. The third-order valence-electron chi connectivity index (χ3n) is 5.52. The monoisotopic (exact) mass is 414 g/mol. The minimum atomic E-state index is -0.0636. The number of likely N-dealkylation sites (tertiary alicyclic amines) is 1. The molecular weight excluding hydrogens is 388 g/mol. The number of hydrogen-bond donors (Lipinski definition) is 1. The molecule has 2 amide bonds. The maximum absolute atomic E-state index is 12.6. The zero-order valence-electron chi connectivity index (χ0n) is 17.4. The van der Waals surface area contributed by atoms with Gasteiger partial charge in [-0.2, -0.15) is 5.10 Å². The molecule has 0 atom stereocenters. The Hall–Kier alpha value is -3.67. The smallest absolute Gasteiger partial charge is 0.246 e. The van der Waals surface area contributed by atoms with E-state index in [9.17, 15) is 9.59 Å². The summed E-state index contributed by atoms with van der Waals surface area (Å²) in [5, 5.41) is 7.37. The second kappa shape index (κ2) is 9.89. The van der Waals surface area contributed by atoms with E-state index < -0.39 is 0 Å². The minimum Gasteiger partial charge on any atom is -0.352 e. The first-order valence-electron chi connectivity index (χ1n) is 10.6. The number of aromatic nitrogens is 2. The Morgan fingerprint density at radius 3 is 2.39 bits per heavy atom. The fourth-order valence-electron chi connectivity index (χ4n) is 3.71. The summed E-state index contributed by atoms with van der Waals surface area (Å²) in [6.45, 7) is 1.65. The van der Waals surface area contributed by atoms with Crippen molar-refractivity contribution in [2.75, 3.05) is 13.1 Å². The summed E-state index contributed by atoms with van der Waals surface area (Å²) in [7, 11) is 0. The summed E-state index contributed by atoms with van der Waals surface area (Å²) in [6.07, 6.45) is 8.50. The standard InChI is InChI=1S/C25H26N4O2/c30-24(12-11-20-7-3-1-4-8-20)28-15-13-22(14-16-28)25(31)26-17-21-18-27-29(19-21)23-9-5-2-6-10-23/h1-12,18-19,22H,13-17H2,(H,26,31)/b12-11+. The molecule has 1 fully saturated rings. The summed E-state index contributed by atoms with van der Waals surface area (Å²) in [4.78, 5) is 26.8. The Labute approximate surface area is 182 Å². The van der Waals surface area contributed by atoms with Gasteiger partial charge in [-0.25, -0.2) is 4.68 Å². The Balaban J connectivity index is 1.23. The van der Waals surface area contributed by atoms with Crippen molar-refractivity contribution in [1.29, 1.82) is 0 Å². The van der Waals surface area contributed by atoms with Crippen LogP contribution in [-0.2, 0) is 16.1 Å². The van der Waals surface area contributed by atoms with Gasteiger partial charge in [-0.15, -0.1) is 0 Å². The molecule has 2 heterocycles. The van der Waals surface area contributed by atoms with E-state index in [1.807, 2.05) is 77.8 Å². The van der Waals surface area contributed by atoms with Gasteiger partial charge in [-0.3, -0.25) is 9.59 Å². The van der Waals surface area contributed by atoms with Gasteiger partial charge in [-0.05, 0) is 36.6 Å². The first kappa shape index (κ1) is 20.6. The lowest BCUT2D eigenvalue weighted by molar-refractivity contribution is -0.132. The van der Waals surface area contributed by atoms with Gasteiger partial charge in [-0.1, -0.05) is 48.5 Å². The Kier molecular flexibility index (Phi) is 6.57. The number of hydrogen-bond acceptors (Lipinski definition) is 3. The Bertz CT molecular complexity index is 1040. The predicted molar refractivity (Wildman–Crippen MR) is 120 cm³/mol. The van der Waals surface area contributed by atoms with Gasteiger partial charge in [0.05, 0.1) is 11.9 Å². The summed E-state index contributed by atoms with van der Waals surface area (Å²) in [5.74, 6) is -0.0262. The molecule has 158 valence electrons. The summed E-state index contributed by atoms with van der Waals surface area (Å²) < 4.78 is 1.80. The number of nitrogens with zero attached hydrogens (tertiary/aromatic N) is 3. The van der Waals surface area contributed by atoms with Crippen LogP contribution in [0, 0.1) is 5.92 Å². The van der Waals surface area contributed by atoms with Crippen LogP contribution in [0.3, 0.4) is 0 Å². The molecule has 3 aromatic rings. The van der Waals surface area contributed by atoms with E-state index in [2.05, 4.69) is 10.4 Å². The molecule has 0 saturated carbocycles. The van der Waals surface area contributed by atoms with Gasteiger partial charge >= 0.3 is 0 Å². The maximum atomic E-state index is 12.6. The predicted octanol–water partition coefficient (Wildman–Crippen LogP) is 3.44. The molecule has 1 aliphatic heterocycles. The highest BCUT2D eigenvalue weighted by molar-refractivity contribution is 5.92. The number of carbonyl (C=O) groups excluding carboxylic acids is 2. The van der Waals surface area contributed by atoms with Crippen LogP contribution in [0.15, 0.2) is 79.1 Å². The second-order valence-corrected chi connectivity index (χ2v) is 7.69. The van der Waals surface area contributed by atoms with Crippen LogP contribution in [0.4, 0.5) is 0 Å². The number of amides is 2. The number of nitrogens with one attached hydrogen (secondary N) is 1. The molecule has 0 spiro atoms. The quantitative estimate of drug-likeness (QED) is 0.629. The molecule has 6 nitrogen and oxygen atoms in total. The van der Waals surface area contributed by atoms with Crippen LogP contribution >= 0.6 is 0 Å². The summed E-state index contributed by atoms with van der Waals surface area (Å²) in [6, 6.07) is 19.6. The molecule has 31 heavy (non-hydrogen) atoms. The van der Waals surface area contributed by atoms with Crippen molar-refractivity contribution in [2.45, 2.75) is 19.4 Å². The van der Waals surface area contributed by atoms with Crippen molar-refractivity contribution in [2.24, 2.45) is 5.92 Å². The molecule has 0 unspecified atom stereocenters. The van der Waals surface area contributed by atoms with E-state index in [1.165, 1.54) is 0 Å². The van der Waals surface area contributed by atoms with Crippen molar-refractivity contribution in [3.63, 3.8) is 0 Å². The average Bonchev–Trinajstić information content (AvgIpc) is 3.31. The zero-order valence-corrected chi connectivity index (χ0v) is 17.4. The van der Waals surface area contributed by atoms with Gasteiger partial charge in [0.15, 0.2) is 0 Å². The minimum absolute atomic E-state index is 0.00367. The number of piperidine rings is 1. The largest absolute Gasteiger partial charge is 0.352 e.